The summed E-state index contributed by atoms with van der Waals surface area (Å²) in [7, 11) is 0. The van der Waals surface area contributed by atoms with E-state index in [1.807, 2.05) is 50.3 Å². The van der Waals surface area contributed by atoms with E-state index in [9.17, 15) is 4.79 Å². The molecule has 108 valence electrons. The van der Waals surface area contributed by atoms with Crippen LogP contribution in [0.5, 0.6) is 0 Å². The highest BCUT2D eigenvalue weighted by Gasteiger charge is 2.08. The van der Waals surface area contributed by atoms with Gasteiger partial charge < -0.3 is 4.74 Å². The molecule has 0 radical (unpaired) electrons. The van der Waals surface area contributed by atoms with Crippen molar-refractivity contribution in [1.29, 1.82) is 0 Å². The fraction of sp³-hybridized carbons (Fsp3) is 0.389. The first-order valence-electron chi connectivity index (χ1n) is 7.20. The molecule has 0 aromatic heterocycles. The molecule has 0 N–H and O–H groups in total. The molecule has 2 heteroatoms. The number of ether oxygens (including phenoxy) is 1. The predicted molar refractivity (Wildman–Crippen MR) is 83.5 cm³/mol. The molecule has 0 saturated heterocycles. The van der Waals surface area contributed by atoms with Crippen LogP contribution in [0.15, 0.2) is 54.1 Å². The van der Waals surface area contributed by atoms with Crippen LogP contribution >= 0.6 is 0 Å². The van der Waals surface area contributed by atoms with Crippen molar-refractivity contribution in [2.24, 2.45) is 0 Å². The van der Waals surface area contributed by atoms with E-state index in [4.69, 9.17) is 4.74 Å². The minimum Gasteiger partial charge on any atom is -0.458 e. The second-order valence-electron chi connectivity index (χ2n) is 4.96. The van der Waals surface area contributed by atoms with Gasteiger partial charge in [-0.2, -0.15) is 0 Å². The minimum atomic E-state index is -0.197. The molecular weight excluding hydrogens is 248 g/mol. The van der Waals surface area contributed by atoms with Crippen molar-refractivity contribution in [3.63, 3.8) is 0 Å². The Kier molecular flexibility index (Phi) is 7.41. The summed E-state index contributed by atoms with van der Waals surface area (Å²) in [5, 5.41) is 0. The minimum absolute atomic E-state index is 0.190. The number of carbonyl (C=O) groups excluding carboxylic acids is 1. The summed E-state index contributed by atoms with van der Waals surface area (Å²) in [5.41, 5.74) is 2.10. The molecule has 0 spiro atoms. The van der Waals surface area contributed by atoms with Crippen LogP contribution in [-0.2, 0) is 16.0 Å². The lowest BCUT2D eigenvalue weighted by Crippen LogP contribution is -2.15. The van der Waals surface area contributed by atoms with Crippen molar-refractivity contribution in [3.8, 4) is 0 Å². The Morgan fingerprint density at radius 3 is 2.65 bits per heavy atom. The van der Waals surface area contributed by atoms with Gasteiger partial charge in [0.25, 0.3) is 0 Å². The Hall–Kier alpha value is -1.83. The summed E-state index contributed by atoms with van der Waals surface area (Å²) >= 11 is 0. The number of hydrogen-bond acceptors (Lipinski definition) is 2. The van der Waals surface area contributed by atoms with Crippen LogP contribution in [0.1, 0.15) is 39.2 Å². The van der Waals surface area contributed by atoms with E-state index in [1.165, 1.54) is 0 Å². The van der Waals surface area contributed by atoms with Crippen LogP contribution in [0.4, 0.5) is 0 Å². The highest BCUT2D eigenvalue weighted by molar-refractivity contribution is 5.72. The molecule has 0 bridgehead atoms. The SMILES string of the molecule is CCC/C=C/C(C)=C/C(C)OC(=O)Cc1ccccc1. The Balaban J connectivity index is 2.43. The zero-order valence-corrected chi connectivity index (χ0v) is 12.6. The highest BCUT2D eigenvalue weighted by atomic mass is 16.5. The summed E-state index contributed by atoms with van der Waals surface area (Å²) in [6, 6.07) is 9.65. The Morgan fingerprint density at radius 1 is 1.30 bits per heavy atom. The zero-order valence-electron chi connectivity index (χ0n) is 12.6. The van der Waals surface area contributed by atoms with E-state index in [1.54, 1.807) is 0 Å². The number of hydrogen-bond donors (Lipinski definition) is 0. The third-order valence-electron chi connectivity index (χ3n) is 2.84. The number of carbonyl (C=O) groups is 1. The third kappa shape index (κ3) is 6.93. The lowest BCUT2D eigenvalue weighted by atomic mass is 10.1. The average molecular weight is 272 g/mol. The molecule has 2 nitrogen and oxygen atoms in total. The van der Waals surface area contributed by atoms with Crippen molar-refractivity contribution in [2.75, 3.05) is 0 Å². The highest BCUT2D eigenvalue weighted by Crippen LogP contribution is 2.06. The normalized spacial score (nSPS) is 13.4. The molecule has 1 atom stereocenters. The van der Waals surface area contributed by atoms with Gasteiger partial charge in [0.05, 0.1) is 6.42 Å². The van der Waals surface area contributed by atoms with Crippen LogP contribution in [0.25, 0.3) is 0 Å². The summed E-state index contributed by atoms with van der Waals surface area (Å²) < 4.78 is 5.38. The van der Waals surface area contributed by atoms with Crippen molar-refractivity contribution >= 4 is 5.97 Å². The molecule has 0 aliphatic rings. The molecule has 0 fully saturated rings. The first-order chi connectivity index (χ1) is 9.61. The van der Waals surface area contributed by atoms with Crippen LogP contribution in [0.3, 0.4) is 0 Å². The summed E-state index contributed by atoms with van der Waals surface area (Å²) in [4.78, 5) is 11.8. The standard InChI is InChI=1S/C18H24O2/c1-4-5-7-10-15(2)13-16(3)20-18(19)14-17-11-8-6-9-12-17/h6-13,16H,4-5,14H2,1-3H3/b10-7+,15-13+. The van der Waals surface area contributed by atoms with E-state index in [-0.39, 0.29) is 12.1 Å². The molecular formula is C18H24O2. The number of allylic oxidation sites excluding steroid dienone is 3. The van der Waals surface area contributed by atoms with Gasteiger partial charge in [0.2, 0.25) is 0 Å². The van der Waals surface area contributed by atoms with E-state index >= 15 is 0 Å². The molecule has 1 rings (SSSR count). The van der Waals surface area contributed by atoms with Gasteiger partial charge >= 0.3 is 5.97 Å². The molecule has 0 amide bonds. The Morgan fingerprint density at radius 2 is 2.00 bits per heavy atom. The second kappa shape index (κ2) is 9.13. The quantitative estimate of drug-likeness (QED) is 0.541. The predicted octanol–water partition coefficient (Wildman–Crippen LogP) is 4.46. The van der Waals surface area contributed by atoms with Crippen molar-refractivity contribution in [3.05, 3.63) is 59.7 Å². The average Bonchev–Trinajstić information content (AvgIpc) is 2.39. The first-order valence-corrected chi connectivity index (χ1v) is 7.20. The zero-order chi connectivity index (χ0) is 14.8. The molecule has 0 saturated carbocycles. The van der Waals surface area contributed by atoms with Gasteiger partial charge in [-0.15, -0.1) is 0 Å². The second-order valence-corrected chi connectivity index (χ2v) is 4.96. The summed E-state index contributed by atoms with van der Waals surface area (Å²) in [5.74, 6) is -0.190. The Bertz CT molecular complexity index is 458. The van der Waals surface area contributed by atoms with Crippen LogP contribution in [0.2, 0.25) is 0 Å². The van der Waals surface area contributed by atoms with Crippen molar-refractivity contribution < 1.29 is 9.53 Å². The maximum atomic E-state index is 11.8. The largest absolute Gasteiger partial charge is 0.458 e. The summed E-state index contributed by atoms with van der Waals surface area (Å²) in [6.45, 7) is 6.06. The van der Waals surface area contributed by atoms with Crippen LogP contribution < -0.4 is 0 Å². The van der Waals surface area contributed by atoms with Gasteiger partial charge in [-0.1, -0.05) is 61.4 Å². The third-order valence-corrected chi connectivity index (χ3v) is 2.84. The number of esters is 1. The molecule has 1 aromatic rings. The lowest BCUT2D eigenvalue weighted by molar-refractivity contribution is -0.145. The number of rotatable bonds is 7. The van der Waals surface area contributed by atoms with E-state index in [0.717, 1.165) is 24.0 Å². The van der Waals surface area contributed by atoms with Gasteiger partial charge in [-0.05, 0) is 31.9 Å². The van der Waals surface area contributed by atoms with Gasteiger partial charge in [-0.25, -0.2) is 0 Å². The molecule has 20 heavy (non-hydrogen) atoms. The first kappa shape index (κ1) is 16.2. The maximum absolute atomic E-state index is 11.8. The van der Waals surface area contributed by atoms with Gasteiger partial charge in [0.15, 0.2) is 0 Å². The van der Waals surface area contributed by atoms with Crippen molar-refractivity contribution in [1.82, 2.24) is 0 Å². The monoisotopic (exact) mass is 272 g/mol. The lowest BCUT2D eigenvalue weighted by Gasteiger charge is -2.10. The fourth-order valence-corrected chi connectivity index (χ4v) is 1.91. The Labute approximate surface area is 122 Å². The molecule has 1 aromatic carbocycles. The van der Waals surface area contributed by atoms with E-state index < -0.39 is 0 Å². The van der Waals surface area contributed by atoms with Gasteiger partial charge in [0.1, 0.15) is 6.10 Å². The topological polar surface area (TPSA) is 26.3 Å². The number of benzene rings is 1. The molecule has 0 heterocycles. The maximum Gasteiger partial charge on any atom is 0.310 e. The molecule has 0 aliphatic carbocycles. The van der Waals surface area contributed by atoms with E-state index in [0.29, 0.717) is 6.42 Å². The van der Waals surface area contributed by atoms with Crippen molar-refractivity contribution in [2.45, 2.75) is 46.1 Å². The fourth-order valence-electron chi connectivity index (χ4n) is 1.91. The number of unbranched alkanes of at least 4 members (excludes halogenated alkanes) is 1. The van der Waals surface area contributed by atoms with Crippen LogP contribution in [0, 0.1) is 0 Å². The van der Waals surface area contributed by atoms with Gasteiger partial charge in [0, 0.05) is 0 Å². The van der Waals surface area contributed by atoms with Gasteiger partial charge in [-0.3, -0.25) is 4.79 Å². The summed E-state index contributed by atoms with van der Waals surface area (Å²) in [6.07, 6.45) is 8.53. The van der Waals surface area contributed by atoms with Crippen LogP contribution in [-0.4, -0.2) is 12.1 Å². The smallest absolute Gasteiger partial charge is 0.310 e. The van der Waals surface area contributed by atoms with E-state index in [2.05, 4.69) is 19.1 Å². The molecule has 0 aliphatic heterocycles. The molecule has 1 unspecified atom stereocenters.